The van der Waals surface area contributed by atoms with Crippen molar-refractivity contribution in [3.8, 4) is 0 Å². The van der Waals surface area contributed by atoms with Gasteiger partial charge in [0.25, 0.3) is 5.91 Å². The largest absolute Gasteiger partial charge is 0.439 e. The molecule has 2 atom stereocenters. The minimum absolute atomic E-state index is 0.327. The van der Waals surface area contributed by atoms with E-state index in [1.807, 2.05) is 49.4 Å². The fourth-order valence-electron chi connectivity index (χ4n) is 2.41. The normalized spacial score (nSPS) is 21.7. The molecule has 2 amide bonds. The number of nitrogens with zero attached hydrogens (tertiary/aromatic N) is 1. The number of rotatable bonds is 5. The average molecular weight is 299 g/mol. The Kier molecular flexibility index (Phi) is 5.53. The molecule has 4 nitrogen and oxygen atoms in total. The molecule has 22 heavy (non-hydrogen) atoms. The van der Waals surface area contributed by atoms with E-state index in [1.165, 1.54) is 11.0 Å². The fraction of sp³-hybridized carbons (Fsp3) is 0.333. The molecule has 1 aliphatic heterocycles. The van der Waals surface area contributed by atoms with E-state index in [2.05, 4.69) is 6.92 Å². The number of amides is 2. The Bertz CT molecular complexity index is 577. The molecule has 0 aliphatic carbocycles. The first-order valence-electron chi connectivity index (χ1n) is 7.57. The van der Waals surface area contributed by atoms with Crippen LogP contribution in [-0.4, -0.2) is 22.9 Å². The lowest BCUT2D eigenvalue weighted by molar-refractivity contribution is -0.124. The summed E-state index contributed by atoms with van der Waals surface area (Å²) in [6, 6.07) is 9.14. The molecule has 0 spiro atoms. The highest BCUT2D eigenvalue weighted by atomic mass is 16.6. The third kappa shape index (κ3) is 3.64. The second-order valence-electron chi connectivity index (χ2n) is 5.24. The number of carbonyl (C=O) groups is 2. The summed E-state index contributed by atoms with van der Waals surface area (Å²) in [7, 11) is 0. The minimum atomic E-state index is -0.589. The Morgan fingerprint density at radius 2 is 2.00 bits per heavy atom. The van der Waals surface area contributed by atoms with Crippen LogP contribution in [0.3, 0.4) is 0 Å². The molecule has 1 aliphatic rings. The van der Waals surface area contributed by atoms with Gasteiger partial charge in [0.15, 0.2) is 0 Å². The summed E-state index contributed by atoms with van der Waals surface area (Å²) in [5.74, 6) is -0.350. The molecule has 0 bridgehead atoms. The highest BCUT2D eigenvalue weighted by molar-refractivity contribution is 6.00. The van der Waals surface area contributed by atoms with E-state index in [9.17, 15) is 9.59 Å². The third-order valence-electron chi connectivity index (χ3n) is 3.58. The van der Waals surface area contributed by atoms with Crippen molar-refractivity contribution in [1.29, 1.82) is 0 Å². The van der Waals surface area contributed by atoms with Crippen LogP contribution in [0.4, 0.5) is 4.79 Å². The van der Waals surface area contributed by atoms with Gasteiger partial charge in [-0.05, 0) is 18.9 Å². The maximum Gasteiger partial charge on any atom is 0.417 e. The number of benzene rings is 1. The van der Waals surface area contributed by atoms with Crippen molar-refractivity contribution in [3.05, 3.63) is 60.2 Å². The standard InChI is InChI=1S/C18H21NO3/c1-3-4-5-6-10-13-16(20)19-14(2)17(22-18(19)21)15-11-8-7-9-12-15/h5-14,17H,3-4H2,1-2H3/b6-5+,13-10+/t14-,17-/m1/s1. The molecule has 1 aromatic carbocycles. The van der Waals surface area contributed by atoms with Crippen LogP contribution in [0, 0.1) is 0 Å². The van der Waals surface area contributed by atoms with E-state index in [4.69, 9.17) is 4.74 Å². The molecule has 1 heterocycles. The minimum Gasteiger partial charge on any atom is -0.439 e. The van der Waals surface area contributed by atoms with Gasteiger partial charge in [-0.1, -0.05) is 61.9 Å². The molecule has 0 N–H and O–H groups in total. The van der Waals surface area contributed by atoms with E-state index in [0.717, 1.165) is 18.4 Å². The van der Waals surface area contributed by atoms with Crippen LogP contribution in [-0.2, 0) is 9.53 Å². The molecule has 1 saturated heterocycles. The number of allylic oxidation sites excluding steroid dienone is 3. The molecule has 0 radical (unpaired) electrons. The third-order valence-corrected chi connectivity index (χ3v) is 3.58. The molecule has 0 aromatic heterocycles. The molecule has 0 saturated carbocycles. The van der Waals surface area contributed by atoms with Crippen LogP contribution < -0.4 is 0 Å². The Balaban J connectivity index is 2.05. The van der Waals surface area contributed by atoms with Crippen molar-refractivity contribution in [2.24, 2.45) is 0 Å². The fourth-order valence-corrected chi connectivity index (χ4v) is 2.41. The smallest absolute Gasteiger partial charge is 0.417 e. The Hall–Kier alpha value is -2.36. The van der Waals surface area contributed by atoms with Gasteiger partial charge in [-0.25, -0.2) is 9.69 Å². The lowest BCUT2D eigenvalue weighted by atomic mass is 10.0. The van der Waals surface area contributed by atoms with Gasteiger partial charge in [0, 0.05) is 6.08 Å². The van der Waals surface area contributed by atoms with Crippen molar-refractivity contribution in [2.45, 2.75) is 38.8 Å². The number of unbranched alkanes of at least 4 members (excludes halogenated alkanes) is 1. The number of ether oxygens (including phenoxy) is 1. The van der Waals surface area contributed by atoms with Gasteiger partial charge in [-0.15, -0.1) is 0 Å². The number of carbonyl (C=O) groups excluding carboxylic acids is 2. The Morgan fingerprint density at radius 1 is 1.27 bits per heavy atom. The first-order valence-corrected chi connectivity index (χ1v) is 7.57. The zero-order chi connectivity index (χ0) is 15.9. The first kappa shape index (κ1) is 16.0. The average Bonchev–Trinajstić information content (AvgIpc) is 2.82. The highest BCUT2D eigenvalue weighted by Gasteiger charge is 2.42. The van der Waals surface area contributed by atoms with Gasteiger partial charge in [0.1, 0.15) is 6.10 Å². The van der Waals surface area contributed by atoms with Crippen molar-refractivity contribution < 1.29 is 14.3 Å². The predicted molar refractivity (Wildman–Crippen MR) is 85.2 cm³/mol. The van der Waals surface area contributed by atoms with Crippen LogP contribution in [0.5, 0.6) is 0 Å². The van der Waals surface area contributed by atoms with Crippen molar-refractivity contribution in [3.63, 3.8) is 0 Å². The summed E-state index contributed by atoms with van der Waals surface area (Å²) in [4.78, 5) is 25.3. The zero-order valence-electron chi connectivity index (χ0n) is 12.9. The van der Waals surface area contributed by atoms with E-state index in [-0.39, 0.29) is 11.9 Å². The quantitative estimate of drug-likeness (QED) is 0.609. The van der Waals surface area contributed by atoms with Crippen LogP contribution >= 0.6 is 0 Å². The molecule has 1 aromatic rings. The topological polar surface area (TPSA) is 46.6 Å². The lowest BCUT2D eigenvalue weighted by Gasteiger charge is -2.17. The van der Waals surface area contributed by atoms with Gasteiger partial charge in [-0.3, -0.25) is 4.79 Å². The van der Waals surface area contributed by atoms with Crippen molar-refractivity contribution >= 4 is 12.0 Å². The second-order valence-corrected chi connectivity index (χ2v) is 5.24. The second kappa shape index (κ2) is 7.59. The lowest BCUT2D eigenvalue weighted by Crippen LogP contribution is -2.36. The number of cyclic esters (lactones) is 1. The van der Waals surface area contributed by atoms with E-state index in [1.54, 1.807) is 6.08 Å². The van der Waals surface area contributed by atoms with Crippen LogP contribution in [0.2, 0.25) is 0 Å². The van der Waals surface area contributed by atoms with Gasteiger partial charge in [0.2, 0.25) is 0 Å². The summed E-state index contributed by atoms with van der Waals surface area (Å²) in [5.41, 5.74) is 0.894. The van der Waals surface area contributed by atoms with Gasteiger partial charge < -0.3 is 4.74 Å². The number of imide groups is 1. The molecule has 0 unspecified atom stereocenters. The summed E-state index contributed by atoms with van der Waals surface area (Å²) in [6.07, 6.45) is 7.90. The summed E-state index contributed by atoms with van der Waals surface area (Å²) in [5, 5.41) is 0. The summed E-state index contributed by atoms with van der Waals surface area (Å²) < 4.78 is 5.35. The van der Waals surface area contributed by atoms with Crippen molar-refractivity contribution in [1.82, 2.24) is 4.90 Å². The molecule has 1 fully saturated rings. The van der Waals surface area contributed by atoms with Gasteiger partial charge in [0.05, 0.1) is 6.04 Å². The molecule has 4 heteroatoms. The number of hydrogen-bond acceptors (Lipinski definition) is 3. The highest BCUT2D eigenvalue weighted by Crippen LogP contribution is 2.32. The molecular formula is C18H21NO3. The maximum atomic E-state index is 12.2. The zero-order valence-corrected chi connectivity index (χ0v) is 12.9. The van der Waals surface area contributed by atoms with E-state index >= 15 is 0 Å². The maximum absolute atomic E-state index is 12.2. The van der Waals surface area contributed by atoms with Gasteiger partial charge in [-0.2, -0.15) is 0 Å². The van der Waals surface area contributed by atoms with Gasteiger partial charge >= 0.3 is 6.09 Å². The first-order chi connectivity index (χ1) is 10.6. The van der Waals surface area contributed by atoms with Crippen LogP contribution in [0.15, 0.2) is 54.6 Å². The van der Waals surface area contributed by atoms with Crippen molar-refractivity contribution in [2.75, 3.05) is 0 Å². The number of hydrogen-bond donors (Lipinski definition) is 0. The summed E-state index contributed by atoms with van der Waals surface area (Å²) >= 11 is 0. The van der Waals surface area contributed by atoms with E-state index in [0.29, 0.717) is 0 Å². The monoisotopic (exact) mass is 299 g/mol. The Morgan fingerprint density at radius 3 is 2.68 bits per heavy atom. The molecule has 116 valence electrons. The Labute approximate surface area is 131 Å². The SMILES string of the molecule is CCC/C=C/C=C/C(=O)N1C(=O)O[C@@H](c2ccccc2)[C@H]1C. The van der Waals surface area contributed by atoms with Crippen LogP contribution in [0.1, 0.15) is 38.4 Å². The molecular weight excluding hydrogens is 278 g/mol. The summed E-state index contributed by atoms with van der Waals surface area (Å²) in [6.45, 7) is 3.91. The predicted octanol–water partition coefficient (Wildman–Crippen LogP) is 4.01. The van der Waals surface area contributed by atoms with Crippen LogP contribution in [0.25, 0.3) is 0 Å². The molecule has 2 rings (SSSR count). The van der Waals surface area contributed by atoms with E-state index < -0.39 is 12.2 Å².